The molecular formula is C5H4O2S2. The first-order chi connectivity index (χ1) is 4.14. The van der Waals surface area contributed by atoms with Crippen LogP contribution in [0, 0.1) is 12.3 Å². The third-order valence-corrected chi connectivity index (χ3v) is 2.45. The molecule has 0 aromatic heterocycles. The Hall–Kier alpha value is -0.370. The number of rotatable bonds is 0. The Bertz CT molecular complexity index is 279. The number of hydrogen-bond donors (Lipinski definition) is 0. The van der Waals surface area contributed by atoms with Gasteiger partial charge < -0.3 is 0 Å². The van der Waals surface area contributed by atoms with E-state index < -0.39 is 8.77 Å². The molecule has 0 saturated carbocycles. The molecule has 1 rings (SSSR count). The van der Waals surface area contributed by atoms with Crippen LogP contribution in [0.2, 0.25) is 0 Å². The quantitative estimate of drug-likeness (QED) is 0.473. The highest BCUT2D eigenvalue weighted by molar-refractivity contribution is 8.32. The molecule has 1 heterocycles. The molecule has 2 nitrogen and oxygen atoms in total. The van der Waals surface area contributed by atoms with E-state index in [0.717, 1.165) is 0 Å². The van der Waals surface area contributed by atoms with Crippen LogP contribution in [0.1, 0.15) is 0 Å². The first kappa shape index (κ1) is 6.75. The maximum Gasteiger partial charge on any atom is 0.167 e. The summed E-state index contributed by atoms with van der Waals surface area (Å²) in [7, 11) is -2.58. The van der Waals surface area contributed by atoms with Crippen LogP contribution >= 0.6 is 0 Å². The summed E-state index contributed by atoms with van der Waals surface area (Å²) in [5.74, 6) is 2.31. The fourth-order valence-corrected chi connectivity index (χ4v) is 1.80. The van der Waals surface area contributed by atoms with Crippen molar-refractivity contribution in [2.24, 2.45) is 0 Å². The molecule has 48 valence electrons. The van der Waals surface area contributed by atoms with E-state index in [0.29, 0.717) is 5.57 Å². The summed E-state index contributed by atoms with van der Waals surface area (Å²) < 4.78 is 15.4. The SMILES string of the molecule is C#CC1=CS(=O)(=S)OC1. The maximum absolute atomic E-state index is 10.8. The zero-order valence-corrected chi connectivity index (χ0v) is 6.13. The Morgan fingerprint density at radius 2 is 2.67 bits per heavy atom. The second-order valence-electron chi connectivity index (χ2n) is 1.54. The first-order valence-electron chi connectivity index (χ1n) is 2.21. The fraction of sp³-hybridized carbons (Fsp3) is 0.200. The molecule has 1 unspecified atom stereocenters. The zero-order chi connectivity index (χ0) is 6.91. The van der Waals surface area contributed by atoms with Crippen molar-refractivity contribution in [3.05, 3.63) is 11.0 Å². The molecule has 0 radical (unpaired) electrons. The van der Waals surface area contributed by atoms with Crippen molar-refractivity contribution in [1.29, 1.82) is 0 Å². The van der Waals surface area contributed by atoms with Crippen LogP contribution in [0.5, 0.6) is 0 Å². The third kappa shape index (κ3) is 1.52. The molecular weight excluding hydrogens is 156 g/mol. The topological polar surface area (TPSA) is 26.3 Å². The van der Waals surface area contributed by atoms with Crippen molar-refractivity contribution in [3.8, 4) is 12.3 Å². The molecule has 0 spiro atoms. The van der Waals surface area contributed by atoms with Crippen LogP contribution in [-0.4, -0.2) is 10.8 Å². The summed E-state index contributed by atoms with van der Waals surface area (Å²) in [6, 6.07) is 0. The third-order valence-electron chi connectivity index (χ3n) is 0.851. The van der Waals surface area contributed by atoms with Crippen molar-refractivity contribution in [2.45, 2.75) is 0 Å². The summed E-state index contributed by atoms with van der Waals surface area (Å²) >= 11 is 4.49. The molecule has 1 aliphatic rings. The predicted molar refractivity (Wildman–Crippen MR) is 38.4 cm³/mol. The van der Waals surface area contributed by atoms with E-state index in [4.69, 9.17) is 6.42 Å². The van der Waals surface area contributed by atoms with Gasteiger partial charge in [-0.05, 0) is 0 Å². The van der Waals surface area contributed by atoms with E-state index in [9.17, 15) is 4.21 Å². The Morgan fingerprint density at radius 1 is 2.00 bits per heavy atom. The van der Waals surface area contributed by atoms with E-state index in [1.165, 1.54) is 5.41 Å². The average Bonchev–Trinajstić information content (AvgIpc) is 2.10. The van der Waals surface area contributed by atoms with E-state index in [1.807, 2.05) is 0 Å². The van der Waals surface area contributed by atoms with Crippen LogP contribution < -0.4 is 0 Å². The van der Waals surface area contributed by atoms with Gasteiger partial charge in [0, 0.05) is 22.2 Å². The van der Waals surface area contributed by atoms with Crippen LogP contribution in [0.25, 0.3) is 0 Å². The molecule has 0 N–H and O–H groups in total. The molecule has 1 atom stereocenters. The summed E-state index contributed by atoms with van der Waals surface area (Å²) in [6.07, 6.45) is 4.98. The predicted octanol–water partition coefficient (Wildman–Crippen LogP) is 0.195. The molecule has 0 fully saturated rings. The molecule has 0 aromatic rings. The van der Waals surface area contributed by atoms with E-state index in [1.54, 1.807) is 0 Å². The molecule has 0 saturated heterocycles. The first-order valence-corrected chi connectivity index (χ1v) is 4.68. The number of hydrogen-bond acceptors (Lipinski definition) is 3. The molecule has 0 amide bonds. The Kier molecular flexibility index (Phi) is 1.58. The highest BCUT2D eigenvalue weighted by atomic mass is 32.8. The summed E-state index contributed by atoms with van der Waals surface area (Å²) in [5, 5.41) is 1.32. The van der Waals surface area contributed by atoms with Crippen molar-refractivity contribution in [2.75, 3.05) is 6.61 Å². The highest BCUT2D eigenvalue weighted by Crippen LogP contribution is 2.11. The van der Waals surface area contributed by atoms with Gasteiger partial charge >= 0.3 is 0 Å². The average molecular weight is 160 g/mol. The van der Waals surface area contributed by atoms with Gasteiger partial charge in [-0.3, -0.25) is 4.18 Å². The summed E-state index contributed by atoms with van der Waals surface area (Å²) in [5.41, 5.74) is 0.579. The smallest absolute Gasteiger partial charge is 0.167 e. The van der Waals surface area contributed by atoms with Crippen molar-refractivity contribution in [1.82, 2.24) is 0 Å². The summed E-state index contributed by atoms with van der Waals surface area (Å²) in [6.45, 7) is 0.221. The minimum absolute atomic E-state index is 0.221. The number of terminal acetylenes is 1. The second kappa shape index (κ2) is 2.10. The van der Waals surface area contributed by atoms with Gasteiger partial charge in [0.1, 0.15) is 0 Å². The van der Waals surface area contributed by atoms with Gasteiger partial charge in [0.15, 0.2) is 8.77 Å². The largest absolute Gasteiger partial charge is 0.281 e. The Labute approximate surface area is 58.8 Å². The van der Waals surface area contributed by atoms with Crippen molar-refractivity contribution < 1.29 is 8.39 Å². The van der Waals surface area contributed by atoms with Gasteiger partial charge in [-0.2, -0.15) is 0 Å². The molecule has 4 heteroatoms. The van der Waals surface area contributed by atoms with Crippen molar-refractivity contribution in [3.63, 3.8) is 0 Å². The monoisotopic (exact) mass is 160 g/mol. The van der Waals surface area contributed by atoms with Gasteiger partial charge in [0.05, 0.1) is 6.61 Å². The van der Waals surface area contributed by atoms with Gasteiger partial charge in [-0.15, -0.1) is 6.42 Å². The molecule has 9 heavy (non-hydrogen) atoms. The van der Waals surface area contributed by atoms with E-state index in [-0.39, 0.29) is 6.61 Å². The minimum atomic E-state index is -2.58. The molecule has 0 aliphatic carbocycles. The van der Waals surface area contributed by atoms with Crippen molar-refractivity contribution >= 4 is 20.0 Å². The van der Waals surface area contributed by atoms with E-state index in [2.05, 4.69) is 21.3 Å². The fourth-order valence-electron chi connectivity index (χ4n) is 0.464. The zero-order valence-electron chi connectivity index (χ0n) is 4.49. The Morgan fingerprint density at radius 3 is 2.89 bits per heavy atom. The van der Waals surface area contributed by atoms with Gasteiger partial charge in [-0.1, -0.05) is 5.92 Å². The van der Waals surface area contributed by atoms with Crippen LogP contribution in [-0.2, 0) is 24.1 Å². The lowest BCUT2D eigenvalue weighted by Crippen LogP contribution is -1.91. The lowest BCUT2D eigenvalue weighted by atomic mass is 10.3. The van der Waals surface area contributed by atoms with E-state index >= 15 is 0 Å². The van der Waals surface area contributed by atoms with Gasteiger partial charge in [0.25, 0.3) is 0 Å². The molecule has 0 aromatic carbocycles. The minimum Gasteiger partial charge on any atom is -0.281 e. The lowest BCUT2D eigenvalue weighted by molar-refractivity contribution is 0.403. The van der Waals surface area contributed by atoms with Gasteiger partial charge in [-0.25, -0.2) is 4.21 Å². The summed E-state index contributed by atoms with van der Waals surface area (Å²) in [4.78, 5) is 0. The van der Waals surface area contributed by atoms with Gasteiger partial charge in [0.2, 0.25) is 0 Å². The van der Waals surface area contributed by atoms with Crippen LogP contribution in [0.4, 0.5) is 0 Å². The maximum atomic E-state index is 10.8. The Balaban J connectivity index is 3.02. The lowest BCUT2D eigenvalue weighted by Gasteiger charge is -1.87. The van der Waals surface area contributed by atoms with Crippen LogP contribution in [0.15, 0.2) is 11.0 Å². The van der Waals surface area contributed by atoms with Crippen LogP contribution in [0.3, 0.4) is 0 Å². The molecule has 0 bridgehead atoms. The standard InChI is InChI=1S/C5H4O2S2/c1-2-5-3-7-9(6,8)4-5/h1,4H,3H2. The highest BCUT2D eigenvalue weighted by Gasteiger charge is 2.12. The normalized spacial score (nSPS) is 33.4. The second-order valence-corrected chi connectivity index (χ2v) is 4.39. The molecule has 1 aliphatic heterocycles.